The molecule has 0 bridgehead atoms. The normalized spacial score (nSPS) is 13.1. The van der Waals surface area contributed by atoms with Crippen LogP contribution in [0.4, 0.5) is 5.13 Å². The summed E-state index contributed by atoms with van der Waals surface area (Å²) in [6.07, 6.45) is 0. The van der Waals surface area contributed by atoms with Crippen molar-refractivity contribution in [3.63, 3.8) is 0 Å². The first kappa shape index (κ1) is 15.2. The van der Waals surface area contributed by atoms with Gasteiger partial charge in [0, 0.05) is 10.9 Å². The van der Waals surface area contributed by atoms with Gasteiger partial charge in [0.05, 0.1) is 10.2 Å². The minimum Gasteiger partial charge on any atom is -0.486 e. The van der Waals surface area contributed by atoms with Crippen LogP contribution >= 0.6 is 11.3 Å². The van der Waals surface area contributed by atoms with Crippen molar-refractivity contribution in [2.45, 2.75) is 0 Å². The third-order valence-electron chi connectivity index (χ3n) is 4.31. The van der Waals surface area contributed by atoms with E-state index in [1.54, 1.807) is 18.2 Å². The Morgan fingerprint density at radius 1 is 1.00 bits per heavy atom. The molecule has 6 heteroatoms. The number of ether oxygens (including phenoxy) is 2. The van der Waals surface area contributed by atoms with E-state index in [9.17, 15) is 4.79 Å². The molecule has 3 aromatic carbocycles. The van der Waals surface area contributed by atoms with Crippen molar-refractivity contribution in [3.05, 3.63) is 60.2 Å². The van der Waals surface area contributed by atoms with E-state index in [4.69, 9.17) is 9.47 Å². The Morgan fingerprint density at radius 2 is 1.85 bits per heavy atom. The van der Waals surface area contributed by atoms with Crippen LogP contribution in [0.3, 0.4) is 0 Å². The number of benzene rings is 3. The molecule has 1 aliphatic rings. The number of thiazole rings is 1. The lowest BCUT2D eigenvalue weighted by Gasteiger charge is -2.18. The fourth-order valence-electron chi connectivity index (χ4n) is 3.07. The number of fused-ring (bicyclic) bond motifs is 4. The Balaban J connectivity index is 1.47. The number of amides is 1. The molecule has 2 heterocycles. The van der Waals surface area contributed by atoms with Gasteiger partial charge in [-0.1, -0.05) is 41.7 Å². The second-order valence-electron chi connectivity index (χ2n) is 5.97. The predicted molar refractivity (Wildman–Crippen MR) is 103 cm³/mol. The predicted octanol–water partition coefficient (Wildman–Crippen LogP) is 4.47. The molecule has 0 atom stereocenters. The quantitative estimate of drug-likeness (QED) is 0.571. The summed E-state index contributed by atoms with van der Waals surface area (Å²) < 4.78 is 12.1. The van der Waals surface area contributed by atoms with Crippen molar-refractivity contribution in [1.82, 2.24) is 4.98 Å². The van der Waals surface area contributed by atoms with Gasteiger partial charge in [0.1, 0.15) is 13.2 Å². The maximum atomic E-state index is 12.6. The van der Waals surface area contributed by atoms with Crippen LogP contribution in [0.1, 0.15) is 10.4 Å². The summed E-state index contributed by atoms with van der Waals surface area (Å²) in [6, 6.07) is 17.4. The van der Waals surface area contributed by atoms with Crippen LogP contribution < -0.4 is 14.8 Å². The lowest BCUT2D eigenvalue weighted by molar-refractivity contribution is 0.102. The molecule has 1 N–H and O–H groups in total. The molecule has 0 aliphatic carbocycles. The van der Waals surface area contributed by atoms with Crippen LogP contribution in [-0.2, 0) is 0 Å². The highest BCUT2D eigenvalue weighted by Gasteiger charge is 2.16. The van der Waals surface area contributed by atoms with Crippen molar-refractivity contribution in [2.24, 2.45) is 0 Å². The minimum absolute atomic E-state index is 0.217. The SMILES string of the molecule is O=C(Nc1nc2c(ccc3ccccc32)s1)c1ccc2c(c1)OCCO2. The Morgan fingerprint density at radius 3 is 2.77 bits per heavy atom. The number of rotatable bonds is 2. The molecule has 5 rings (SSSR count). The number of carbonyl (C=O) groups is 1. The summed E-state index contributed by atoms with van der Waals surface area (Å²) >= 11 is 1.46. The molecular weight excluding hydrogens is 348 g/mol. The first-order valence-electron chi connectivity index (χ1n) is 8.27. The number of carbonyl (C=O) groups excluding carboxylic acids is 1. The molecule has 0 saturated carbocycles. The fourth-order valence-corrected chi connectivity index (χ4v) is 3.95. The van der Waals surface area contributed by atoms with E-state index in [2.05, 4.69) is 22.4 Å². The zero-order chi connectivity index (χ0) is 17.5. The van der Waals surface area contributed by atoms with E-state index in [1.165, 1.54) is 11.3 Å². The van der Waals surface area contributed by atoms with Crippen molar-refractivity contribution < 1.29 is 14.3 Å². The highest BCUT2D eigenvalue weighted by atomic mass is 32.1. The Labute approximate surface area is 153 Å². The van der Waals surface area contributed by atoms with Crippen molar-refractivity contribution in [1.29, 1.82) is 0 Å². The van der Waals surface area contributed by atoms with Gasteiger partial charge in [-0.25, -0.2) is 4.98 Å². The molecular formula is C20H14N2O3S. The number of nitrogens with one attached hydrogen (secondary N) is 1. The van der Waals surface area contributed by atoms with E-state index in [-0.39, 0.29) is 5.91 Å². The highest BCUT2D eigenvalue weighted by Crippen LogP contribution is 2.33. The van der Waals surface area contributed by atoms with Gasteiger partial charge >= 0.3 is 0 Å². The van der Waals surface area contributed by atoms with Gasteiger partial charge in [0.2, 0.25) is 0 Å². The van der Waals surface area contributed by atoms with Gasteiger partial charge in [-0.3, -0.25) is 10.1 Å². The summed E-state index contributed by atoms with van der Waals surface area (Å²) in [5.41, 5.74) is 1.42. The third-order valence-corrected chi connectivity index (χ3v) is 5.24. The summed E-state index contributed by atoms with van der Waals surface area (Å²) in [5, 5.41) is 5.69. The number of anilines is 1. The zero-order valence-corrected chi connectivity index (χ0v) is 14.5. The number of nitrogens with zero attached hydrogens (tertiary/aromatic N) is 1. The highest BCUT2D eigenvalue weighted by molar-refractivity contribution is 7.22. The molecule has 5 nitrogen and oxygen atoms in total. The molecule has 1 amide bonds. The van der Waals surface area contributed by atoms with Crippen LogP contribution in [0.5, 0.6) is 11.5 Å². The molecule has 1 aliphatic heterocycles. The van der Waals surface area contributed by atoms with Gasteiger partial charge in [0.15, 0.2) is 16.6 Å². The van der Waals surface area contributed by atoms with Gasteiger partial charge in [0.25, 0.3) is 5.91 Å². The van der Waals surface area contributed by atoms with Crippen LogP contribution in [0.15, 0.2) is 54.6 Å². The standard InChI is InChI=1S/C20H14N2O3S/c23-19(13-5-7-15-16(11-13)25-10-9-24-15)22-20-21-18-14-4-2-1-3-12(14)6-8-17(18)26-20/h1-8,11H,9-10H2,(H,21,22,23). The second-order valence-corrected chi connectivity index (χ2v) is 7.00. The Hall–Kier alpha value is -3.12. The molecule has 0 fully saturated rings. The van der Waals surface area contributed by atoms with Crippen molar-refractivity contribution in [3.8, 4) is 11.5 Å². The van der Waals surface area contributed by atoms with Crippen LogP contribution in [-0.4, -0.2) is 24.1 Å². The largest absolute Gasteiger partial charge is 0.486 e. The Bertz CT molecular complexity index is 1150. The lowest BCUT2D eigenvalue weighted by atomic mass is 10.1. The minimum atomic E-state index is -0.217. The zero-order valence-electron chi connectivity index (χ0n) is 13.7. The number of hydrogen-bond donors (Lipinski definition) is 1. The van der Waals surface area contributed by atoms with E-state index in [1.807, 2.05) is 24.3 Å². The number of aromatic nitrogens is 1. The topological polar surface area (TPSA) is 60.5 Å². The van der Waals surface area contributed by atoms with Crippen molar-refractivity contribution >= 4 is 43.4 Å². The third kappa shape index (κ3) is 2.55. The van der Waals surface area contributed by atoms with Gasteiger partial charge < -0.3 is 9.47 Å². The van der Waals surface area contributed by atoms with Crippen LogP contribution in [0.2, 0.25) is 0 Å². The molecule has 0 spiro atoms. The van der Waals surface area contributed by atoms with Gasteiger partial charge in [-0.15, -0.1) is 0 Å². The fraction of sp³-hybridized carbons (Fsp3) is 0.100. The maximum absolute atomic E-state index is 12.6. The van der Waals surface area contributed by atoms with E-state index < -0.39 is 0 Å². The lowest BCUT2D eigenvalue weighted by Crippen LogP contribution is -2.17. The van der Waals surface area contributed by atoms with Crippen LogP contribution in [0.25, 0.3) is 21.0 Å². The average Bonchev–Trinajstić information content (AvgIpc) is 3.10. The summed E-state index contributed by atoms with van der Waals surface area (Å²) in [7, 11) is 0. The molecule has 1 aromatic heterocycles. The first-order chi connectivity index (χ1) is 12.8. The molecule has 26 heavy (non-hydrogen) atoms. The van der Waals surface area contributed by atoms with Gasteiger partial charge in [-0.05, 0) is 29.7 Å². The van der Waals surface area contributed by atoms with Crippen molar-refractivity contribution in [2.75, 3.05) is 18.5 Å². The van der Waals surface area contributed by atoms with Gasteiger partial charge in [-0.2, -0.15) is 0 Å². The summed E-state index contributed by atoms with van der Waals surface area (Å²) in [4.78, 5) is 17.2. The molecule has 0 saturated heterocycles. The van der Waals surface area contributed by atoms with E-state index in [0.717, 1.165) is 21.0 Å². The maximum Gasteiger partial charge on any atom is 0.257 e. The first-order valence-corrected chi connectivity index (χ1v) is 9.09. The van der Waals surface area contributed by atoms with Crippen LogP contribution in [0, 0.1) is 0 Å². The molecule has 0 unspecified atom stereocenters. The molecule has 4 aromatic rings. The average molecular weight is 362 g/mol. The van der Waals surface area contributed by atoms with E-state index >= 15 is 0 Å². The smallest absolute Gasteiger partial charge is 0.257 e. The number of hydrogen-bond acceptors (Lipinski definition) is 5. The molecule has 0 radical (unpaired) electrons. The Kier molecular flexibility index (Phi) is 3.50. The monoisotopic (exact) mass is 362 g/mol. The molecule has 128 valence electrons. The summed E-state index contributed by atoms with van der Waals surface area (Å²) in [5.74, 6) is 1.05. The van der Waals surface area contributed by atoms with E-state index in [0.29, 0.717) is 35.4 Å². The summed E-state index contributed by atoms with van der Waals surface area (Å²) in [6.45, 7) is 1.02. The second kappa shape index (κ2) is 6.00.